The van der Waals surface area contributed by atoms with Crippen molar-refractivity contribution in [3.63, 3.8) is 0 Å². The molecule has 0 saturated heterocycles. The molecule has 7 nitrogen and oxygen atoms in total. The minimum Gasteiger partial charge on any atom is -0.478 e. The number of carbonyl (C=O) groups is 2. The molecule has 0 aliphatic rings. The molecule has 36 heavy (non-hydrogen) atoms. The van der Waals surface area contributed by atoms with Gasteiger partial charge in [0.15, 0.2) is 5.65 Å². The lowest BCUT2D eigenvalue weighted by Crippen LogP contribution is -2.15. The number of halogens is 2. The van der Waals surface area contributed by atoms with Gasteiger partial charge in [-0.1, -0.05) is 30.1 Å². The first-order valence-corrected chi connectivity index (χ1v) is 12.1. The molecule has 3 aromatic heterocycles. The molecule has 0 fully saturated rings. The van der Waals surface area contributed by atoms with Crippen LogP contribution < -0.4 is 0 Å². The van der Waals surface area contributed by atoms with Gasteiger partial charge in [-0.25, -0.2) is 14.8 Å². The van der Waals surface area contributed by atoms with E-state index < -0.39 is 11.9 Å². The number of benzene rings is 2. The van der Waals surface area contributed by atoms with Crippen molar-refractivity contribution in [1.82, 2.24) is 19.1 Å². The molecule has 0 spiro atoms. The van der Waals surface area contributed by atoms with Gasteiger partial charge in [0.2, 0.25) is 0 Å². The zero-order valence-corrected chi connectivity index (χ0v) is 21.6. The van der Waals surface area contributed by atoms with E-state index in [9.17, 15) is 14.7 Å². The fourth-order valence-corrected chi connectivity index (χ4v) is 4.82. The first-order valence-electron chi connectivity index (χ1n) is 11.4. The number of aromatic nitrogens is 4. The Morgan fingerprint density at radius 1 is 0.944 bits per heavy atom. The van der Waals surface area contributed by atoms with Gasteiger partial charge < -0.3 is 5.11 Å². The lowest BCUT2D eigenvalue weighted by atomic mass is 10.1. The maximum Gasteiger partial charge on any atom is 0.336 e. The van der Waals surface area contributed by atoms with Crippen LogP contribution in [0, 0.1) is 20.8 Å². The highest BCUT2D eigenvalue weighted by Gasteiger charge is 2.22. The first-order chi connectivity index (χ1) is 17.1. The Morgan fingerprint density at radius 2 is 1.64 bits per heavy atom. The second-order valence-corrected chi connectivity index (χ2v) is 9.50. The number of pyridine rings is 1. The predicted molar refractivity (Wildman–Crippen MR) is 141 cm³/mol. The van der Waals surface area contributed by atoms with Gasteiger partial charge in [-0.2, -0.15) is 0 Å². The van der Waals surface area contributed by atoms with Crippen molar-refractivity contribution >= 4 is 57.1 Å². The highest BCUT2D eigenvalue weighted by Crippen LogP contribution is 2.30. The number of carboxylic acid groups (broad SMARTS) is 1. The summed E-state index contributed by atoms with van der Waals surface area (Å²) >= 11 is 12.1. The maximum absolute atomic E-state index is 13.4. The highest BCUT2D eigenvalue weighted by atomic mass is 35.5. The van der Waals surface area contributed by atoms with Crippen LogP contribution in [0.4, 0.5) is 0 Å². The fourth-order valence-electron chi connectivity index (χ4n) is 4.49. The molecule has 2 aromatic carbocycles. The van der Waals surface area contributed by atoms with Crippen LogP contribution in [0.15, 0.2) is 42.6 Å². The molecule has 9 heteroatoms. The number of nitrogens with zero attached hydrogens (tertiary/aromatic N) is 4. The molecular weight excluding hydrogens is 499 g/mol. The lowest BCUT2D eigenvalue weighted by Gasteiger charge is -2.11. The number of carboxylic acids is 1. The summed E-state index contributed by atoms with van der Waals surface area (Å²) in [5.74, 6) is -0.884. The second kappa shape index (κ2) is 8.76. The Bertz CT molecular complexity index is 1730. The second-order valence-electron chi connectivity index (χ2n) is 8.69. The van der Waals surface area contributed by atoms with Gasteiger partial charge in [-0.15, -0.1) is 0 Å². The highest BCUT2D eigenvalue weighted by molar-refractivity contribution is 6.42. The molecule has 5 aromatic rings. The summed E-state index contributed by atoms with van der Waals surface area (Å²) in [5.41, 5.74) is 6.12. The minimum atomic E-state index is -1.26. The van der Waals surface area contributed by atoms with Crippen LogP contribution in [0.5, 0.6) is 0 Å². The van der Waals surface area contributed by atoms with E-state index in [-0.39, 0.29) is 21.2 Å². The van der Waals surface area contributed by atoms with Gasteiger partial charge in [0, 0.05) is 29.4 Å². The molecule has 3 heterocycles. The standard InChI is InChI=1S/C27H22Cl2N4O3/c1-5-23-31-24-14(3)13(2)15(4)30-25(24)33(23)17-6-7-22-16(10-17)8-9-32(22)26(34)18-11-20(28)21(29)12-19(18)27(35)36/h6-12H,5H2,1-4H3,(H,35,36). The van der Waals surface area contributed by atoms with E-state index in [1.165, 1.54) is 16.7 Å². The van der Waals surface area contributed by atoms with E-state index in [0.29, 0.717) is 5.52 Å². The summed E-state index contributed by atoms with van der Waals surface area (Å²) in [6, 6.07) is 10.0. The number of hydrogen-bond donors (Lipinski definition) is 1. The summed E-state index contributed by atoms with van der Waals surface area (Å²) in [6.45, 7) is 8.16. The van der Waals surface area contributed by atoms with Crippen molar-refractivity contribution in [3.05, 3.63) is 86.4 Å². The number of aryl methyl sites for hydroxylation is 3. The smallest absolute Gasteiger partial charge is 0.336 e. The Balaban J connectivity index is 1.66. The van der Waals surface area contributed by atoms with Crippen LogP contribution in [0.25, 0.3) is 27.8 Å². The average Bonchev–Trinajstić information content (AvgIpc) is 3.44. The van der Waals surface area contributed by atoms with Gasteiger partial charge >= 0.3 is 5.97 Å². The number of fused-ring (bicyclic) bond motifs is 2. The fraction of sp³-hybridized carbons (Fsp3) is 0.185. The van der Waals surface area contributed by atoms with Crippen molar-refractivity contribution in [1.29, 1.82) is 0 Å². The minimum absolute atomic E-state index is 0.0436. The zero-order chi connectivity index (χ0) is 25.9. The van der Waals surface area contributed by atoms with Gasteiger partial charge in [-0.05, 0) is 68.3 Å². The van der Waals surface area contributed by atoms with E-state index in [4.69, 9.17) is 33.2 Å². The average molecular weight is 521 g/mol. The summed E-state index contributed by atoms with van der Waals surface area (Å²) in [6.07, 6.45) is 2.34. The molecule has 0 aliphatic heterocycles. The largest absolute Gasteiger partial charge is 0.478 e. The van der Waals surface area contributed by atoms with E-state index >= 15 is 0 Å². The van der Waals surface area contributed by atoms with Gasteiger partial charge in [-0.3, -0.25) is 13.9 Å². The molecule has 0 atom stereocenters. The quantitative estimate of drug-likeness (QED) is 0.290. The van der Waals surface area contributed by atoms with Crippen LogP contribution >= 0.6 is 23.2 Å². The Kier molecular flexibility index (Phi) is 5.85. The molecule has 0 aliphatic carbocycles. The topological polar surface area (TPSA) is 90.0 Å². The third kappa shape index (κ3) is 3.67. The van der Waals surface area contributed by atoms with Crippen molar-refractivity contribution in [2.45, 2.75) is 34.1 Å². The van der Waals surface area contributed by atoms with Gasteiger partial charge in [0.1, 0.15) is 11.3 Å². The molecule has 0 radical (unpaired) electrons. The molecular formula is C27H22Cl2N4O3. The SMILES string of the molecule is CCc1nc2c(C)c(C)c(C)nc2n1-c1ccc2c(ccn2C(=O)c2cc(Cl)c(Cl)cc2C(=O)O)c1. The number of imidazole rings is 1. The summed E-state index contributed by atoms with van der Waals surface area (Å²) < 4.78 is 3.46. The Labute approximate surface area is 216 Å². The number of hydrogen-bond acceptors (Lipinski definition) is 4. The summed E-state index contributed by atoms with van der Waals surface area (Å²) in [5, 5.41) is 10.6. The normalized spacial score (nSPS) is 11.5. The molecule has 1 N–H and O–H groups in total. The van der Waals surface area contributed by atoms with Gasteiger partial charge in [0.25, 0.3) is 5.91 Å². The monoisotopic (exact) mass is 520 g/mol. The van der Waals surface area contributed by atoms with Crippen molar-refractivity contribution in [2.75, 3.05) is 0 Å². The predicted octanol–water partition coefficient (Wildman–Crippen LogP) is 6.56. The lowest BCUT2D eigenvalue weighted by molar-refractivity contribution is 0.0691. The summed E-state index contributed by atoms with van der Waals surface area (Å²) in [7, 11) is 0. The molecule has 5 rings (SSSR count). The molecule has 0 saturated carbocycles. The van der Waals surface area contributed by atoms with Crippen LogP contribution in [-0.2, 0) is 6.42 Å². The van der Waals surface area contributed by atoms with Crippen molar-refractivity contribution in [3.8, 4) is 5.69 Å². The molecule has 182 valence electrons. The maximum atomic E-state index is 13.4. The Hall–Kier alpha value is -3.68. The number of aromatic carboxylic acids is 1. The third-order valence-corrected chi connectivity index (χ3v) is 7.37. The van der Waals surface area contributed by atoms with Gasteiger partial charge in [0.05, 0.1) is 26.7 Å². The molecule has 0 unspecified atom stereocenters. The zero-order valence-electron chi connectivity index (χ0n) is 20.1. The molecule has 0 amide bonds. The van der Waals surface area contributed by atoms with E-state index in [1.807, 2.05) is 31.2 Å². The van der Waals surface area contributed by atoms with Crippen molar-refractivity contribution < 1.29 is 14.7 Å². The van der Waals surface area contributed by atoms with Crippen LogP contribution in [0.1, 0.15) is 50.3 Å². The number of rotatable bonds is 4. The Morgan fingerprint density at radius 3 is 2.31 bits per heavy atom. The van der Waals surface area contributed by atoms with Crippen LogP contribution in [0.2, 0.25) is 10.0 Å². The van der Waals surface area contributed by atoms with Crippen molar-refractivity contribution in [2.24, 2.45) is 0 Å². The summed E-state index contributed by atoms with van der Waals surface area (Å²) in [4.78, 5) is 34.8. The van der Waals surface area contributed by atoms with Crippen LogP contribution in [-0.4, -0.2) is 36.1 Å². The first kappa shape index (κ1) is 24.0. The molecule has 0 bridgehead atoms. The van der Waals surface area contributed by atoms with E-state index in [0.717, 1.165) is 51.3 Å². The van der Waals surface area contributed by atoms with E-state index in [2.05, 4.69) is 25.3 Å². The van der Waals surface area contributed by atoms with Crippen LogP contribution in [0.3, 0.4) is 0 Å². The number of carbonyl (C=O) groups excluding carboxylic acids is 1. The van der Waals surface area contributed by atoms with E-state index in [1.54, 1.807) is 6.20 Å². The third-order valence-electron chi connectivity index (χ3n) is 6.64.